The second-order valence-corrected chi connectivity index (χ2v) is 8.91. The predicted octanol–water partition coefficient (Wildman–Crippen LogP) is 4.66. The normalized spacial score (nSPS) is 14.2. The summed E-state index contributed by atoms with van der Waals surface area (Å²) < 4.78 is 15.9. The number of esters is 1. The minimum Gasteiger partial charge on any atom is -0.490 e. The number of aryl methyl sites for hydroxylation is 1. The Labute approximate surface area is 217 Å². The van der Waals surface area contributed by atoms with Gasteiger partial charge in [-0.1, -0.05) is 23.7 Å². The van der Waals surface area contributed by atoms with Crippen molar-refractivity contribution < 1.29 is 33.4 Å². The number of hydrogen-bond donors (Lipinski definition) is 1. The van der Waals surface area contributed by atoms with Crippen molar-refractivity contribution in [1.82, 2.24) is 4.90 Å². The molecule has 0 aromatic heterocycles. The molecule has 0 bridgehead atoms. The highest BCUT2D eigenvalue weighted by atomic mass is 35.5. The summed E-state index contributed by atoms with van der Waals surface area (Å²) >= 11 is 6.81. The van der Waals surface area contributed by atoms with Crippen LogP contribution in [0, 0.1) is 6.92 Å². The van der Waals surface area contributed by atoms with Crippen molar-refractivity contribution in [3.05, 3.63) is 57.5 Å². The van der Waals surface area contributed by atoms with Gasteiger partial charge in [0.2, 0.25) is 5.91 Å². The number of thioether (sulfide) groups is 1. The van der Waals surface area contributed by atoms with E-state index in [0.717, 1.165) is 22.2 Å². The molecule has 1 saturated heterocycles. The number of hydrogen-bond acceptors (Lipinski definition) is 8. The smallest absolute Gasteiger partial charge is 0.344 e. The number of imide groups is 1. The first kappa shape index (κ1) is 27.1. The van der Waals surface area contributed by atoms with Gasteiger partial charge in [-0.3, -0.25) is 19.3 Å². The summed E-state index contributed by atoms with van der Waals surface area (Å²) in [4.78, 5) is 50.3. The van der Waals surface area contributed by atoms with Gasteiger partial charge in [-0.25, -0.2) is 4.79 Å². The average molecular weight is 533 g/mol. The standard InChI is InChI=1S/C25H25ClN2O7S/c1-4-33-20-10-16(7-9-19(20)35-14-23(30)34-5-2)11-21-24(31)28(25(32)36-21)13-22(29)27-17-8-6-15(3)18(26)12-17/h6-12H,4-5,13-14H2,1-3H3,(H,27,29)/b21-11-. The van der Waals surface area contributed by atoms with E-state index in [1.54, 1.807) is 50.2 Å². The molecular formula is C25H25ClN2O7S. The third kappa shape index (κ3) is 7.02. The molecule has 0 aliphatic carbocycles. The van der Waals surface area contributed by atoms with Crippen LogP contribution in [0.2, 0.25) is 5.02 Å². The summed E-state index contributed by atoms with van der Waals surface area (Å²) in [5.41, 5.74) is 1.90. The highest BCUT2D eigenvalue weighted by molar-refractivity contribution is 8.18. The number of amides is 3. The Kier molecular flexibility index (Phi) is 9.38. The Morgan fingerprint density at radius 1 is 1.06 bits per heavy atom. The molecule has 1 aliphatic heterocycles. The lowest BCUT2D eigenvalue weighted by atomic mass is 10.2. The largest absolute Gasteiger partial charge is 0.490 e. The van der Waals surface area contributed by atoms with Crippen LogP contribution >= 0.6 is 23.4 Å². The molecular weight excluding hydrogens is 508 g/mol. The van der Waals surface area contributed by atoms with Gasteiger partial charge in [0.25, 0.3) is 11.1 Å². The Morgan fingerprint density at radius 2 is 1.83 bits per heavy atom. The summed E-state index contributed by atoms with van der Waals surface area (Å²) in [5.74, 6) is -0.913. The van der Waals surface area contributed by atoms with Gasteiger partial charge >= 0.3 is 5.97 Å². The van der Waals surface area contributed by atoms with Crippen molar-refractivity contribution in [2.24, 2.45) is 0 Å². The zero-order chi connectivity index (χ0) is 26.2. The van der Waals surface area contributed by atoms with Crippen LogP contribution in [0.3, 0.4) is 0 Å². The summed E-state index contributed by atoms with van der Waals surface area (Å²) in [7, 11) is 0. The van der Waals surface area contributed by atoms with Crippen molar-refractivity contribution in [3.63, 3.8) is 0 Å². The van der Waals surface area contributed by atoms with Gasteiger partial charge < -0.3 is 19.5 Å². The van der Waals surface area contributed by atoms with Crippen LogP contribution < -0.4 is 14.8 Å². The van der Waals surface area contributed by atoms with Gasteiger partial charge in [-0.15, -0.1) is 0 Å². The fourth-order valence-electron chi connectivity index (χ4n) is 3.14. The molecule has 3 rings (SSSR count). The third-order valence-electron chi connectivity index (χ3n) is 4.85. The van der Waals surface area contributed by atoms with Crippen LogP contribution in [0.4, 0.5) is 10.5 Å². The van der Waals surface area contributed by atoms with E-state index in [4.69, 9.17) is 25.8 Å². The van der Waals surface area contributed by atoms with Gasteiger partial charge in [-0.2, -0.15) is 0 Å². The molecule has 3 amide bonds. The molecule has 1 aliphatic rings. The van der Waals surface area contributed by atoms with Gasteiger partial charge in [-0.05, 0) is 74.0 Å². The van der Waals surface area contributed by atoms with E-state index in [-0.39, 0.29) is 18.1 Å². The van der Waals surface area contributed by atoms with E-state index in [0.29, 0.717) is 34.4 Å². The second kappa shape index (κ2) is 12.5. The topological polar surface area (TPSA) is 111 Å². The molecule has 2 aromatic carbocycles. The monoisotopic (exact) mass is 532 g/mol. The number of nitrogens with one attached hydrogen (secondary N) is 1. The van der Waals surface area contributed by atoms with Crippen molar-refractivity contribution >= 4 is 58.1 Å². The highest BCUT2D eigenvalue weighted by Crippen LogP contribution is 2.34. The molecule has 0 saturated carbocycles. The Bertz CT molecular complexity index is 1210. The molecule has 2 aromatic rings. The van der Waals surface area contributed by atoms with Crippen LogP contribution in [0.15, 0.2) is 41.3 Å². The number of nitrogens with zero attached hydrogens (tertiary/aromatic N) is 1. The Balaban J connectivity index is 1.70. The van der Waals surface area contributed by atoms with Crippen LogP contribution in [-0.2, 0) is 19.1 Å². The van der Waals surface area contributed by atoms with E-state index in [1.807, 2.05) is 6.92 Å². The number of carbonyl (C=O) groups excluding carboxylic acids is 4. The highest BCUT2D eigenvalue weighted by Gasteiger charge is 2.36. The predicted molar refractivity (Wildman–Crippen MR) is 137 cm³/mol. The molecule has 0 atom stereocenters. The van der Waals surface area contributed by atoms with Gasteiger partial charge in [0.05, 0.1) is 18.1 Å². The molecule has 9 nitrogen and oxygen atoms in total. The first-order chi connectivity index (χ1) is 17.2. The van der Waals surface area contributed by atoms with Gasteiger partial charge in [0.15, 0.2) is 18.1 Å². The van der Waals surface area contributed by atoms with Crippen LogP contribution in [0.25, 0.3) is 6.08 Å². The Hall–Kier alpha value is -3.50. The molecule has 190 valence electrons. The molecule has 0 radical (unpaired) electrons. The van der Waals surface area contributed by atoms with E-state index in [2.05, 4.69) is 5.32 Å². The maximum atomic E-state index is 12.8. The van der Waals surface area contributed by atoms with Gasteiger partial charge in [0.1, 0.15) is 6.54 Å². The molecule has 0 unspecified atom stereocenters. The SMILES string of the molecule is CCOC(=O)COc1ccc(/C=C2\SC(=O)N(CC(=O)Nc3ccc(C)c(Cl)c3)C2=O)cc1OCC. The van der Waals surface area contributed by atoms with Crippen LogP contribution in [0.1, 0.15) is 25.0 Å². The maximum Gasteiger partial charge on any atom is 0.344 e. The molecule has 0 spiro atoms. The molecule has 36 heavy (non-hydrogen) atoms. The Morgan fingerprint density at radius 3 is 2.53 bits per heavy atom. The van der Waals surface area contributed by atoms with E-state index >= 15 is 0 Å². The number of anilines is 1. The average Bonchev–Trinajstić information content (AvgIpc) is 3.08. The molecule has 1 fully saturated rings. The molecule has 1 heterocycles. The van der Waals surface area contributed by atoms with E-state index in [9.17, 15) is 19.2 Å². The lowest BCUT2D eigenvalue weighted by Gasteiger charge is -2.13. The number of ether oxygens (including phenoxy) is 3. The second-order valence-electron chi connectivity index (χ2n) is 7.51. The summed E-state index contributed by atoms with van der Waals surface area (Å²) in [6.07, 6.45) is 1.53. The zero-order valence-corrected chi connectivity index (χ0v) is 21.5. The lowest BCUT2D eigenvalue weighted by molar-refractivity contribution is -0.145. The minimum absolute atomic E-state index is 0.161. The minimum atomic E-state index is -0.581. The number of benzene rings is 2. The molecule has 11 heteroatoms. The molecule has 1 N–H and O–H groups in total. The van der Waals surface area contributed by atoms with Crippen molar-refractivity contribution in [3.8, 4) is 11.5 Å². The fraction of sp³-hybridized carbons (Fsp3) is 0.280. The first-order valence-electron chi connectivity index (χ1n) is 11.1. The summed E-state index contributed by atoms with van der Waals surface area (Å²) in [6, 6.07) is 9.92. The lowest BCUT2D eigenvalue weighted by Crippen LogP contribution is -2.36. The number of rotatable bonds is 10. The van der Waals surface area contributed by atoms with Crippen molar-refractivity contribution in [1.29, 1.82) is 0 Å². The summed E-state index contributed by atoms with van der Waals surface area (Å²) in [5, 5.41) is 2.57. The van der Waals surface area contributed by atoms with Gasteiger partial charge in [0, 0.05) is 10.7 Å². The maximum absolute atomic E-state index is 12.8. The van der Waals surface area contributed by atoms with E-state index < -0.39 is 29.6 Å². The number of halogens is 1. The van der Waals surface area contributed by atoms with E-state index in [1.165, 1.54) is 6.08 Å². The van der Waals surface area contributed by atoms with Crippen LogP contribution in [-0.4, -0.2) is 54.3 Å². The van der Waals surface area contributed by atoms with Crippen molar-refractivity contribution in [2.45, 2.75) is 20.8 Å². The first-order valence-corrected chi connectivity index (χ1v) is 12.3. The van der Waals surface area contributed by atoms with Crippen molar-refractivity contribution in [2.75, 3.05) is 31.7 Å². The zero-order valence-electron chi connectivity index (χ0n) is 20.0. The third-order valence-corrected chi connectivity index (χ3v) is 6.16. The quantitative estimate of drug-likeness (QED) is 0.347. The fourth-order valence-corrected chi connectivity index (χ4v) is 4.16. The summed E-state index contributed by atoms with van der Waals surface area (Å²) in [6.45, 7) is 5.21. The van der Waals surface area contributed by atoms with Crippen LogP contribution in [0.5, 0.6) is 11.5 Å². The number of carbonyl (C=O) groups is 4.